The molecule has 0 heterocycles. The molecular formula is C18H27Cl3O. The van der Waals surface area contributed by atoms with E-state index in [0.717, 1.165) is 50.5 Å². The fourth-order valence-electron chi connectivity index (χ4n) is 3.16. The molecule has 1 aromatic rings. The smallest absolute Gasteiger partial charge is 0.118 e. The molecule has 0 unspecified atom stereocenters. The van der Waals surface area contributed by atoms with Crippen molar-refractivity contribution in [3.63, 3.8) is 0 Å². The Balaban J connectivity index is 3.09. The van der Waals surface area contributed by atoms with Crippen LogP contribution < -0.4 is 0 Å². The molecule has 0 atom stereocenters. The lowest BCUT2D eigenvalue weighted by Gasteiger charge is -2.35. The first kappa shape index (κ1) is 19.9. The van der Waals surface area contributed by atoms with Crippen LogP contribution in [-0.2, 0) is 5.41 Å². The maximum absolute atomic E-state index is 9.82. The lowest BCUT2D eigenvalue weighted by Crippen LogP contribution is -2.27. The molecule has 0 aromatic heterocycles. The van der Waals surface area contributed by atoms with Crippen LogP contribution in [0.2, 0.25) is 0 Å². The average Bonchev–Trinajstić information content (AvgIpc) is 2.52. The van der Waals surface area contributed by atoms with Gasteiger partial charge in [-0.05, 0) is 68.1 Å². The number of benzene rings is 1. The zero-order chi connectivity index (χ0) is 16.4. The van der Waals surface area contributed by atoms with E-state index in [1.165, 1.54) is 5.56 Å². The molecule has 4 heteroatoms. The van der Waals surface area contributed by atoms with Gasteiger partial charge < -0.3 is 5.11 Å². The molecule has 22 heavy (non-hydrogen) atoms. The first-order valence-electron chi connectivity index (χ1n) is 8.07. The van der Waals surface area contributed by atoms with Crippen molar-refractivity contribution in [2.75, 3.05) is 17.6 Å². The number of hydrogen-bond acceptors (Lipinski definition) is 1. The number of halogens is 3. The van der Waals surface area contributed by atoms with Gasteiger partial charge in [-0.2, -0.15) is 0 Å². The zero-order valence-electron chi connectivity index (χ0n) is 13.4. The molecule has 0 aliphatic carbocycles. The summed E-state index contributed by atoms with van der Waals surface area (Å²) in [6, 6.07) is 5.99. The van der Waals surface area contributed by atoms with E-state index in [4.69, 9.17) is 34.8 Å². The van der Waals surface area contributed by atoms with Gasteiger partial charge in [0.1, 0.15) is 5.75 Å². The van der Waals surface area contributed by atoms with Crippen molar-refractivity contribution in [3.05, 3.63) is 29.3 Å². The topological polar surface area (TPSA) is 20.2 Å². The Morgan fingerprint density at radius 3 is 1.91 bits per heavy atom. The van der Waals surface area contributed by atoms with Gasteiger partial charge in [-0.25, -0.2) is 0 Å². The van der Waals surface area contributed by atoms with Gasteiger partial charge in [-0.15, -0.1) is 34.8 Å². The van der Waals surface area contributed by atoms with Crippen molar-refractivity contribution in [3.8, 4) is 5.75 Å². The van der Waals surface area contributed by atoms with Crippen molar-refractivity contribution in [1.29, 1.82) is 0 Å². The summed E-state index contributed by atoms with van der Waals surface area (Å²) >= 11 is 17.8. The quantitative estimate of drug-likeness (QED) is 0.356. The Morgan fingerprint density at radius 1 is 0.864 bits per heavy atom. The van der Waals surface area contributed by atoms with Gasteiger partial charge in [0.2, 0.25) is 0 Å². The Bertz CT molecular complexity index is 426. The molecule has 0 amide bonds. The standard InChI is InChI=1S/C18H27Cl3O/c1-15-14-16(6-7-17(15)22)18(9-4-12-20,10-5-13-21)8-2-3-11-19/h6-7,14,22H,2-5,8-13H2,1H3. The van der Waals surface area contributed by atoms with Crippen LogP contribution in [-0.4, -0.2) is 22.7 Å². The summed E-state index contributed by atoms with van der Waals surface area (Å²) in [5.74, 6) is 2.41. The van der Waals surface area contributed by atoms with Crippen molar-refractivity contribution in [2.24, 2.45) is 0 Å². The Kier molecular flexibility index (Phi) is 9.63. The third kappa shape index (κ3) is 5.83. The molecule has 0 aliphatic heterocycles. The van der Waals surface area contributed by atoms with Crippen LogP contribution in [0.5, 0.6) is 5.75 Å². The van der Waals surface area contributed by atoms with E-state index < -0.39 is 0 Å². The van der Waals surface area contributed by atoms with Crippen LogP contribution in [0.4, 0.5) is 0 Å². The van der Waals surface area contributed by atoms with Gasteiger partial charge in [0.15, 0.2) is 0 Å². The molecule has 0 bridgehead atoms. The molecule has 0 aliphatic rings. The lowest BCUT2D eigenvalue weighted by atomic mass is 9.70. The van der Waals surface area contributed by atoms with E-state index in [1.54, 1.807) is 0 Å². The van der Waals surface area contributed by atoms with Gasteiger partial charge in [-0.1, -0.05) is 18.6 Å². The van der Waals surface area contributed by atoms with Crippen molar-refractivity contribution >= 4 is 34.8 Å². The summed E-state index contributed by atoms with van der Waals surface area (Å²) in [4.78, 5) is 0. The van der Waals surface area contributed by atoms with Crippen LogP contribution in [0.25, 0.3) is 0 Å². The highest BCUT2D eigenvalue weighted by atomic mass is 35.5. The minimum Gasteiger partial charge on any atom is -0.508 e. The average molecular weight is 366 g/mol. The molecule has 0 saturated carbocycles. The molecule has 0 spiro atoms. The van der Waals surface area contributed by atoms with E-state index in [-0.39, 0.29) is 5.41 Å². The highest BCUT2D eigenvalue weighted by Crippen LogP contribution is 2.40. The van der Waals surface area contributed by atoms with Gasteiger partial charge in [0.25, 0.3) is 0 Å². The number of rotatable bonds is 11. The maximum Gasteiger partial charge on any atom is 0.118 e. The summed E-state index contributed by atoms with van der Waals surface area (Å²) < 4.78 is 0. The second-order valence-electron chi connectivity index (χ2n) is 6.01. The van der Waals surface area contributed by atoms with Gasteiger partial charge >= 0.3 is 0 Å². The predicted molar refractivity (Wildman–Crippen MR) is 99.0 cm³/mol. The molecule has 126 valence electrons. The van der Waals surface area contributed by atoms with Crippen LogP contribution in [0, 0.1) is 6.92 Å². The van der Waals surface area contributed by atoms with Crippen molar-refractivity contribution in [1.82, 2.24) is 0 Å². The lowest BCUT2D eigenvalue weighted by molar-refractivity contribution is 0.322. The van der Waals surface area contributed by atoms with E-state index in [0.29, 0.717) is 23.4 Å². The Hall–Kier alpha value is -0.110. The molecule has 0 saturated heterocycles. The first-order valence-corrected chi connectivity index (χ1v) is 9.68. The fourth-order valence-corrected chi connectivity index (χ4v) is 3.62. The minimum atomic E-state index is 0.0916. The highest BCUT2D eigenvalue weighted by molar-refractivity contribution is 6.18. The van der Waals surface area contributed by atoms with Gasteiger partial charge in [0.05, 0.1) is 0 Å². The maximum atomic E-state index is 9.82. The number of unbranched alkanes of at least 4 members (excludes halogenated alkanes) is 1. The van der Waals surface area contributed by atoms with E-state index in [2.05, 4.69) is 12.1 Å². The number of hydrogen-bond donors (Lipinski definition) is 1. The number of alkyl halides is 3. The number of aromatic hydroxyl groups is 1. The molecule has 1 aromatic carbocycles. The van der Waals surface area contributed by atoms with E-state index in [9.17, 15) is 5.11 Å². The zero-order valence-corrected chi connectivity index (χ0v) is 15.7. The number of phenols is 1. The number of phenolic OH excluding ortho intramolecular Hbond substituents is 1. The molecule has 1 N–H and O–H groups in total. The molecule has 0 fully saturated rings. The fraction of sp³-hybridized carbons (Fsp3) is 0.667. The van der Waals surface area contributed by atoms with Crippen molar-refractivity contribution in [2.45, 2.75) is 57.3 Å². The second kappa shape index (κ2) is 10.6. The first-order chi connectivity index (χ1) is 10.6. The summed E-state index contributed by atoms with van der Waals surface area (Å²) in [6.07, 6.45) is 7.32. The van der Waals surface area contributed by atoms with Gasteiger partial charge in [-0.3, -0.25) is 0 Å². The van der Waals surface area contributed by atoms with Crippen LogP contribution >= 0.6 is 34.8 Å². The Labute approximate surface area is 150 Å². The summed E-state index contributed by atoms with van der Waals surface area (Å²) in [7, 11) is 0. The van der Waals surface area contributed by atoms with Crippen LogP contribution in [0.1, 0.15) is 56.1 Å². The molecule has 1 rings (SSSR count). The largest absolute Gasteiger partial charge is 0.508 e. The number of aryl methyl sites for hydroxylation is 1. The third-order valence-corrected chi connectivity index (χ3v) is 5.23. The molecule has 1 nitrogen and oxygen atoms in total. The monoisotopic (exact) mass is 364 g/mol. The summed E-state index contributed by atoms with van der Waals surface area (Å²) in [6.45, 7) is 1.95. The highest BCUT2D eigenvalue weighted by Gasteiger charge is 2.31. The minimum absolute atomic E-state index is 0.0916. The normalized spacial score (nSPS) is 11.8. The Morgan fingerprint density at radius 2 is 1.41 bits per heavy atom. The van der Waals surface area contributed by atoms with Crippen molar-refractivity contribution < 1.29 is 5.11 Å². The van der Waals surface area contributed by atoms with Crippen LogP contribution in [0.15, 0.2) is 18.2 Å². The summed E-state index contributed by atoms with van der Waals surface area (Å²) in [5.41, 5.74) is 2.32. The SMILES string of the molecule is Cc1cc(C(CCCCl)(CCCCl)CCCCCl)ccc1O. The molecule has 0 radical (unpaired) electrons. The third-order valence-electron chi connectivity index (χ3n) is 4.43. The van der Waals surface area contributed by atoms with Gasteiger partial charge in [0, 0.05) is 17.6 Å². The predicted octanol–water partition coefficient (Wildman–Crippen LogP) is 6.39. The summed E-state index contributed by atoms with van der Waals surface area (Å²) in [5, 5.41) is 9.82. The van der Waals surface area contributed by atoms with Crippen LogP contribution in [0.3, 0.4) is 0 Å². The second-order valence-corrected chi connectivity index (χ2v) is 7.15. The molecular weight excluding hydrogens is 339 g/mol. The van der Waals surface area contributed by atoms with E-state index >= 15 is 0 Å². The van der Waals surface area contributed by atoms with E-state index in [1.807, 2.05) is 13.0 Å².